The lowest BCUT2D eigenvalue weighted by Gasteiger charge is -2.16. The van der Waals surface area contributed by atoms with Gasteiger partial charge >= 0.3 is 0 Å². The summed E-state index contributed by atoms with van der Waals surface area (Å²) >= 11 is 24.3. The molecule has 4 nitrogen and oxygen atoms in total. The zero-order valence-corrected chi connectivity index (χ0v) is 15.9. The molecule has 0 N–H and O–H groups in total. The SMILES string of the molecule is COc1cc(OC)c(C(=O)c2c(Cl)c(Cl)cc(Cl)c2Cl)c(OC)c1. The van der Waals surface area contributed by atoms with Gasteiger partial charge in [-0.05, 0) is 6.07 Å². The summed E-state index contributed by atoms with van der Waals surface area (Å²) in [6.45, 7) is 0. The number of ether oxygens (including phenoxy) is 3. The molecule has 2 rings (SSSR count). The van der Waals surface area contributed by atoms with Crippen LogP contribution in [0, 0.1) is 0 Å². The average Bonchev–Trinajstić information content (AvgIpc) is 2.58. The van der Waals surface area contributed by atoms with Crippen molar-refractivity contribution in [3.63, 3.8) is 0 Å². The lowest BCUT2D eigenvalue weighted by molar-refractivity contribution is 0.103. The molecule has 0 radical (unpaired) electrons. The maximum Gasteiger partial charge on any atom is 0.203 e. The molecule has 8 heteroatoms. The number of carbonyl (C=O) groups is 1. The largest absolute Gasteiger partial charge is 0.496 e. The Balaban J connectivity index is 2.76. The van der Waals surface area contributed by atoms with Gasteiger partial charge < -0.3 is 14.2 Å². The van der Waals surface area contributed by atoms with Crippen LogP contribution in [0.1, 0.15) is 15.9 Å². The summed E-state index contributed by atoms with van der Waals surface area (Å²) in [6.07, 6.45) is 0. The van der Waals surface area contributed by atoms with Crippen molar-refractivity contribution in [2.24, 2.45) is 0 Å². The maximum atomic E-state index is 13.1. The van der Waals surface area contributed by atoms with Crippen molar-refractivity contribution in [1.29, 1.82) is 0 Å². The van der Waals surface area contributed by atoms with E-state index in [1.165, 1.54) is 27.4 Å². The van der Waals surface area contributed by atoms with Crippen LogP contribution in [0.2, 0.25) is 20.1 Å². The summed E-state index contributed by atoms with van der Waals surface area (Å²) in [6, 6.07) is 4.46. The van der Waals surface area contributed by atoms with Crippen LogP contribution in [0.25, 0.3) is 0 Å². The molecule has 0 aliphatic carbocycles. The Hall–Kier alpha value is -1.33. The molecule has 0 amide bonds. The number of benzene rings is 2. The molecule has 0 aliphatic heterocycles. The second-order valence-corrected chi connectivity index (χ2v) is 6.15. The zero-order chi connectivity index (χ0) is 18.0. The fourth-order valence-corrected chi connectivity index (χ4v) is 3.11. The highest BCUT2D eigenvalue weighted by atomic mass is 35.5. The van der Waals surface area contributed by atoms with Crippen LogP contribution in [0.15, 0.2) is 18.2 Å². The van der Waals surface area contributed by atoms with Crippen LogP contribution in [0.3, 0.4) is 0 Å². The van der Waals surface area contributed by atoms with E-state index in [1.54, 1.807) is 12.1 Å². The molecule has 0 heterocycles. The van der Waals surface area contributed by atoms with Crippen LogP contribution in [0.5, 0.6) is 17.2 Å². The Kier molecular flexibility index (Phi) is 6.10. The number of rotatable bonds is 5. The van der Waals surface area contributed by atoms with Crippen molar-refractivity contribution >= 4 is 52.2 Å². The molecule has 0 atom stereocenters. The van der Waals surface area contributed by atoms with Gasteiger partial charge in [0, 0.05) is 12.1 Å². The molecule has 0 saturated carbocycles. The summed E-state index contributed by atoms with van der Waals surface area (Å²) in [7, 11) is 4.32. The molecular formula is C16H12Cl4O4. The summed E-state index contributed by atoms with van der Waals surface area (Å²) in [5, 5.41) is 0.216. The average molecular weight is 410 g/mol. The highest BCUT2D eigenvalue weighted by molar-refractivity contribution is 6.50. The molecule has 0 spiro atoms. The van der Waals surface area contributed by atoms with Crippen molar-refractivity contribution in [3.8, 4) is 17.2 Å². The summed E-state index contributed by atoms with van der Waals surface area (Å²) < 4.78 is 15.7. The number of carbonyl (C=O) groups excluding carboxylic acids is 1. The van der Waals surface area contributed by atoms with E-state index < -0.39 is 5.78 Å². The van der Waals surface area contributed by atoms with Gasteiger partial charge in [0.05, 0.1) is 47.0 Å². The van der Waals surface area contributed by atoms with Crippen molar-refractivity contribution in [1.82, 2.24) is 0 Å². The molecule has 24 heavy (non-hydrogen) atoms. The van der Waals surface area contributed by atoms with E-state index in [9.17, 15) is 4.79 Å². The monoisotopic (exact) mass is 408 g/mol. The first-order valence-electron chi connectivity index (χ1n) is 6.53. The van der Waals surface area contributed by atoms with Gasteiger partial charge in [0.1, 0.15) is 22.8 Å². The van der Waals surface area contributed by atoms with Crippen molar-refractivity contribution in [3.05, 3.63) is 49.4 Å². The Bertz CT molecular complexity index is 754. The molecule has 128 valence electrons. The minimum Gasteiger partial charge on any atom is -0.496 e. The molecule has 2 aromatic rings. The third kappa shape index (κ3) is 3.38. The summed E-state index contributed by atoms with van der Waals surface area (Å²) in [5.74, 6) is 0.395. The summed E-state index contributed by atoms with van der Waals surface area (Å²) in [5.41, 5.74) is 0.0977. The molecule has 0 bridgehead atoms. The highest BCUT2D eigenvalue weighted by Crippen LogP contribution is 2.42. The Morgan fingerprint density at radius 2 is 1.21 bits per heavy atom. The molecule has 0 fully saturated rings. The maximum absolute atomic E-state index is 13.1. The van der Waals surface area contributed by atoms with E-state index in [4.69, 9.17) is 60.6 Å². The molecule has 0 aliphatic rings. The standard InChI is InChI=1S/C16H12Cl4O4/c1-22-7-4-10(23-2)12(11(5-7)24-3)16(21)13-14(19)8(17)6-9(18)15(13)20/h4-6H,1-3H3. The lowest BCUT2D eigenvalue weighted by Crippen LogP contribution is -2.09. The first kappa shape index (κ1) is 19.0. The van der Waals surface area contributed by atoms with E-state index in [0.29, 0.717) is 5.75 Å². The van der Waals surface area contributed by atoms with Crippen LogP contribution in [-0.2, 0) is 0 Å². The van der Waals surface area contributed by atoms with Crippen LogP contribution in [0.4, 0.5) is 0 Å². The predicted molar refractivity (Wildman–Crippen MR) is 96.0 cm³/mol. The number of halogens is 4. The van der Waals surface area contributed by atoms with E-state index in [-0.39, 0.29) is 42.7 Å². The van der Waals surface area contributed by atoms with Gasteiger partial charge in [-0.2, -0.15) is 0 Å². The molecule has 0 saturated heterocycles. The van der Waals surface area contributed by atoms with Gasteiger partial charge in [-0.3, -0.25) is 4.79 Å². The van der Waals surface area contributed by atoms with Gasteiger partial charge in [-0.15, -0.1) is 0 Å². The minimum atomic E-state index is -0.536. The molecular weight excluding hydrogens is 398 g/mol. The van der Waals surface area contributed by atoms with Crippen LogP contribution >= 0.6 is 46.4 Å². The van der Waals surface area contributed by atoms with Gasteiger partial charge in [-0.1, -0.05) is 46.4 Å². The molecule has 0 unspecified atom stereocenters. The van der Waals surface area contributed by atoms with E-state index in [0.717, 1.165) is 0 Å². The molecule has 0 aromatic heterocycles. The van der Waals surface area contributed by atoms with E-state index >= 15 is 0 Å². The number of hydrogen-bond donors (Lipinski definition) is 0. The number of methoxy groups -OCH3 is 3. The minimum absolute atomic E-state index is 0.00371. The van der Waals surface area contributed by atoms with Gasteiger partial charge in [0.25, 0.3) is 0 Å². The van der Waals surface area contributed by atoms with Crippen LogP contribution in [-0.4, -0.2) is 27.1 Å². The van der Waals surface area contributed by atoms with Gasteiger partial charge in [-0.25, -0.2) is 0 Å². The quantitative estimate of drug-likeness (QED) is 0.479. The third-order valence-electron chi connectivity index (χ3n) is 3.28. The topological polar surface area (TPSA) is 44.8 Å². The smallest absolute Gasteiger partial charge is 0.203 e. The van der Waals surface area contributed by atoms with E-state index in [1.807, 2.05) is 0 Å². The molecule has 2 aromatic carbocycles. The Morgan fingerprint density at radius 3 is 1.58 bits per heavy atom. The fourth-order valence-electron chi connectivity index (χ4n) is 2.13. The Morgan fingerprint density at radius 1 is 0.750 bits per heavy atom. The lowest BCUT2D eigenvalue weighted by atomic mass is 10.0. The second-order valence-electron chi connectivity index (χ2n) is 4.58. The zero-order valence-electron chi connectivity index (χ0n) is 12.9. The number of ketones is 1. The van der Waals surface area contributed by atoms with Crippen molar-refractivity contribution in [2.45, 2.75) is 0 Å². The second kappa shape index (κ2) is 7.70. The highest BCUT2D eigenvalue weighted by Gasteiger charge is 2.27. The predicted octanol–water partition coefficient (Wildman–Crippen LogP) is 5.56. The van der Waals surface area contributed by atoms with Crippen molar-refractivity contribution in [2.75, 3.05) is 21.3 Å². The third-order valence-corrected chi connectivity index (χ3v) is 4.86. The normalized spacial score (nSPS) is 10.5. The first-order valence-corrected chi connectivity index (χ1v) is 8.04. The number of hydrogen-bond acceptors (Lipinski definition) is 4. The van der Waals surface area contributed by atoms with Crippen molar-refractivity contribution < 1.29 is 19.0 Å². The summed E-state index contributed by atoms with van der Waals surface area (Å²) in [4.78, 5) is 13.1. The Labute approximate surface area is 159 Å². The van der Waals surface area contributed by atoms with Gasteiger partial charge in [0.2, 0.25) is 5.78 Å². The first-order chi connectivity index (χ1) is 11.3. The van der Waals surface area contributed by atoms with Gasteiger partial charge in [0.15, 0.2) is 0 Å². The fraction of sp³-hybridized carbons (Fsp3) is 0.188. The van der Waals surface area contributed by atoms with E-state index in [2.05, 4.69) is 0 Å². The van der Waals surface area contributed by atoms with Crippen LogP contribution < -0.4 is 14.2 Å².